The quantitative estimate of drug-likeness (QED) is 0.0977. The minimum Gasteiger partial charge on any atom is -0.456 e. The molecule has 0 atom stereocenters. The fourth-order valence-corrected chi connectivity index (χ4v) is 11.8. The van der Waals surface area contributed by atoms with Gasteiger partial charge in [-0.15, -0.1) is 60.1 Å². The third kappa shape index (κ3) is 7.30. The van der Waals surface area contributed by atoms with Crippen molar-refractivity contribution < 1.29 is 4.42 Å². The van der Waals surface area contributed by atoms with E-state index in [4.69, 9.17) is 240 Å². The Morgan fingerprint density at radius 3 is 0.679 bits per heavy atom. The van der Waals surface area contributed by atoms with E-state index < -0.39 is 0 Å². The summed E-state index contributed by atoms with van der Waals surface area (Å²) in [5.41, 5.74) is -5.79. The third-order valence-corrected chi connectivity index (χ3v) is 16.1. The van der Waals surface area contributed by atoms with Crippen LogP contribution >= 0.6 is 0 Å². The number of hydrogen-bond donors (Lipinski definition) is 0. The Morgan fingerprint density at radius 2 is 0.309 bits per heavy atom. The zero-order valence-corrected chi connectivity index (χ0v) is 42.7. The number of furan rings is 1. The lowest BCUT2D eigenvalue weighted by Gasteiger charge is -2.33. The van der Waals surface area contributed by atoms with Crippen molar-refractivity contribution in [3.8, 4) is 33.4 Å². The van der Waals surface area contributed by atoms with Gasteiger partial charge in [0.2, 0.25) is 0 Å². The molecular weight excluding hydrogens is 941 g/mol. The van der Waals surface area contributed by atoms with E-state index in [2.05, 4.69) is 0 Å². The topological polar surface area (TPSA) is 13.1 Å². The first kappa shape index (κ1) is 58.0. The highest BCUT2D eigenvalue weighted by Gasteiger charge is 2.32. The van der Waals surface area contributed by atoms with E-state index >= 15 is 0 Å². The van der Waals surface area contributed by atoms with E-state index in [1.165, 1.54) is 0 Å². The Hall–Kier alpha value is -4.75. The van der Waals surface area contributed by atoms with E-state index in [9.17, 15) is 0 Å². The molecule has 0 aliphatic heterocycles. The van der Waals surface area contributed by atoms with Crippen LogP contribution in [0, 0.1) is 0 Å². The van der Waals surface area contributed by atoms with Gasteiger partial charge in [-0.2, -0.15) is 0 Å². The van der Waals surface area contributed by atoms with Gasteiger partial charge in [0.1, 0.15) is 247 Å². The van der Waals surface area contributed by atoms with Gasteiger partial charge in [0, 0.05) is 16.2 Å². The standard InChI is InChI=1S/C50B30O/c51-19-10(8-9(26(58)42(74)41(73)25(8)57)11-14(19)33(65)44(76)43(75)27(11)59)15-30(62)28(60)13(29(61)31(15)63)2-5-3(20(52)37(69)39(71)22(5)54)1(4-6(2)23(55)40(72)38(70)21(4)53)7-12-17-35(67)32(64)16-18(36(68)46(78)45(77)34(16)66)49(17)81-50(12)48(80)47(79)24(7)56. The number of benzene rings is 10. The zero-order chi connectivity index (χ0) is 59.6. The molecule has 60 radical (unpaired) electrons. The maximum Gasteiger partial charge on any atom is 0.141 e. The third-order valence-electron chi connectivity index (χ3n) is 16.1. The van der Waals surface area contributed by atoms with Crippen LogP contribution < -0.4 is 164 Å². The van der Waals surface area contributed by atoms with E-state index in [1.807, 2.05) is 0 Å². The number of hydrogen-bond acceptors (Lipinski definition) is 1. The monoisotopic (exact) mass is 946 g/mol. The van der Waals surface area contributed by atoms with Gasteiger partial charge in [-0.05, 0) is 81.9 Å². The Labute approximate surface area is 509 Å². The molecule has 31 heteroatoms. The highest BCUT2D eigenvalue weighted by atomic mass is 16.3. The van der Waals surface area contributed by atoms with Crippen LogP contribution in [0.3, 0.4) is 0 Å². The second-order valence-corrected chi connectivity index (χ2v) is 19.9. The van der Waals surface area contributed by atoms with Gasteiger partial charge < -0.3 is 4.42 Å². The summed E-state index contributed by atoms with van der Waals surface area (Å²) in [7, 11) is 206. The second-order valence-electron chi connectivity index (χ2n) is 19.9. The van der Waals surface area contributed by atoms with Gasteiger partial charge in [0.05, 0.1) is 0 Å². The first-order chi connectivity index (χ1) is 37.8. The summed E-state index contributed by atoms with van der Waals surface area (Å²) in [6, 6.07) is 0. The Balaban J connectivity index is 1.40. The molecule has 0 unspecified atom stereocenters. The van der Waals surface area contributed by atoms with Crippen molar-refractivity contribution in [2.45, 2.75) is 0 Å². The van der Waals surface area contributed by atoms with Gasteiger partial charge >= 0.3 is 0 Å². The molecule has 0 fully saturated rings. The summed E-state index contributed by atoms with van der Waals surface area (Å²) in [6.07, 6.45) is 0. The smallest absolute Gasteiger partial charge is 0.141 e. The van der Waals surface area contributed by atoms with Crippen molar-refractivity contribution in [1.82, 2.24) is 0 Å². The van der Waals surface area contributed by atoms with E-state index in [-0.39, 0.29) is 273 Å². The normalized spacial score (nSPS) is 12.0. The van der Waals surface area contributed by atoms with Crippen LogP contribution in [-0.2, 0) is 0 Å². The van der Waals surface area contributed by atoms with Crippen LogP contribution in [0.2, 0.25) is 0 Å². The van der Waals surface area contributed by atoms with Gasteiger partial charge in [0.25, 0.3) is 0 Å². The Kier molecular flexibility index (Phi) is 13.9. The summed E-state index contributed by atoms with van der Waals surface area (Å²) < 4.78 is 6.63. The largest absolute Gasteiger partial charge is 0.456 e. The predicted molar refractivity (Wildman–Crippen MR) is 379 cm³/mol. The van der Waals surface area contributed by atoms with E-state index in [0.29, 0.717) is 0 Å². The van der Waals surface area contributed by atoms with Crippen molar-refractivity contribution >= 4 is 475 Å². The number of fused-ring (bicyclic) bond motifs is 10. The minimum absolute atomic E-state index is 0.0263. The second kappa shape index (κ2) is 19.4. The molecule has 0 aliphatic rings. The average Bonchev–Trinajstić information content (AvgIpc) is 4.10. The van der Waals surface area contributed by atoms with Crippen LogP contribution in [0.15, 0.2) is 4.42 Å². The van der Waals surface area contributed by atoms with Crippen molar-refractivity contribution in [1.29, 1.82) is 0 Å². The van der Waals surface area contributed by atoms with Crippen molar-refractivity contribution in [3.05, 3.63) is 0 Å². The molecule has 0 saturated carbocycles. The highest BCUT2D eigenvalue weighted by molar-refractivity contribution is 6.79. The molecule has 0 spiro atoms. The molecule has 11 aromatic rings. The van der Waals surface area contributed by atoms with E-state index in [0.717, 1.165) is 0 Å². The van der Waals surface area contributed by atoms with E-state index in [1.54, 1.807) is 0 Å². The molecular formula is C50B30O. The van der Waals surface area contributed by atoms with Gasteiger partial charge in [-0.25, -0.2) is 0 Å². The fraction of sp³-hybridized carbons (Fsp3) is 0. The van der Waals surface area contributed by atoms with Gasteiger partial charge in [-0.1, -0.05) is 104 Å². The molecule has 296 valence electrons. The molecule has 0 aliphatic carbocycles. The predicted octanol–water partition coefficient (Wildman–Crippen LogP) is -21.8. The van der Waals surface area contributed by atoms with Crippen LogP contribution in [-0.4, -0.2) is 235 Å². The minimum atomic E-state index is -0.313. The lowest BCUT2D eigenvalue weighted by atomic mass is 9.55. The molecule has 1 nitrogen and oxygen atoms in total. The van der Waals surface area contributed by atoms with Gasteiger partial charge in [0.15, 0.2) is 0 Å². The van der Waals surface area contributed by atoms with Gasteiger partial charge in [-0.3, -0.25) is 0 Å². The Bertz CT molecular complexity index is 4820. The summed E-state index contributed by atoms with van der Waals surface area (Å²) in [4.78, 5) is 0. The first-order valence-electron chi connectivity index (χ1n) is 23.8. The summed E-state index contributed by atoms with van der Waals surface area (Å²) in [5, 5.41) is 0.420. The van der Waals surface area contributed by atoms with Crippen LogP contribution in [0.4, 0.5) is 0 Å². The molecule has 0 amide bonds. The SMILES string of the molecule is [B]c1c([B])c(-c2c([B])c3c([B])c([B])c([B])c([B])c3c3c([B])c([B])c([B])c([B])c23)c([B])c([B])c1-c1c2c([B])c([B])c([B])c([B])c2c(-c2c([B])c([B])c([B])c3oc4c5c([B])c([B])c([B])c([B])c5c([B])c([B])c4c23)c2c([B])c([B])c([B])c([B])c12. The molecule has 1 aromatic heterocycles. The van der Waals surface area contributed by atoms with Crippen LogP contribution in [0.25, 0.3) is 109 Å². The molecule has 1 heterocycles. The summed E-state index contributed by atoms with van der Waals surface area (Å²) >= 11 is 0. The first-order valence-corrected chi connectivity index (χ1v) is 23.8. The van der Waals surface area contributed by atoms with Crippen molar-refractivity contribution in [2.24, 2.45) is 0 Å². The number of rotatable bonds is 3. The van der Waals surface area contributed by atoms with Crippen molar-refractivity contribution in [2.75, 3.05) is 0 Å². The maximum absolute atomic E-state index is 7.33. The lowest BCUT2D eigenvalue weighted by Crippen LogP contribution is -2.52. The summed E-state index contributed by atoms with van der Waals surface area (Å²) in [6.45, 7) is 0. The molecule has 10 aromatic carbocycles. The molecule has 0 N–H and O–H groups in total. The lowest BCUT2D eigenvalue weighted by molar-refractivity contribution is 0.676. The Morgan fingerprint density at radius 1 is 0.111 bits per heavy atom. The average molecular weight is 941 g/mol. The maximum atomic E-state index is 7.33. The van der Waals surface area contributed by atoms with Crippen LogP contribution in [0.5, 0.6) is 0 Å². The van der Waals surface area contributed by atoms with Crippen molar-refractivity contribution in [3.63, 3.8) is 0 Å². The zero-order valence-electron chi connectivity index (χ0n) is 42.7. The molecule has 11 rings (SSSR count). The van der Waals surface area contributed by atoms with Crippen LogP contribution in [0.1, 0.15) is 0 Å². The highest BCUT2D eigenvalue weighted by Crippen LogP contribution is 2.43. The molecule has 0 bridgehead atoms. The molecule has 0 saturated heterocycles. The molecule has 81 heavy (non-hydrogen) atoms. The fourth-order valence-electron chi connectivity index (χ4n) is 11.8. The summed E-state index contributed by atoms with van der Waals surface area (Å²) in [5.74, 6) is 0.